The first-order chi connectivity index (χ1) is 27.8. The normalized spacial score (nSPS) is 11.8. The molecule has 2 aliphatic rings. The second kappa shape index (κ2) is 12.0. The van der Waals surface area contributed by atoms with Crippen molar-refractivity contribution < 1.29 is 0 Å². The largest absolute Gasteiger partial charge is 0.310 e. The molecular formula is C54H32N2. The summed E-state index contributed by atoms with van der Waals surface area (Å²) in [5.74, 6) is 0. The van der Waals surface area contributed by atoms with Crippen LogP contribution in [0.4, 0.5) is 17.1 Å². The Morgan fingerprint density at radius 1 is 0.357 bits per heavy atom. The maximum atomic E-state index is 3.12. The Hall–Kier alpha value is -7.60. The zero-order chi connectivity index (χ0) is 36.7. The van der Waals surface area contributed by atoms with E-state index in [1.165, 1.54) is 77.4 Å². The smallest absolute Gasteiger partial charge is 0.0542 e. The number of para-hydroxylation sites is 2. The Balaban J connectivity index is 1.11. The van der Waals surface area contributed by atoms with Crippen LogP contribution in [0.5, 0.6) is 0 Å². The third-order valence-electron chi connectivity index (χ3n) is 11.8. The van der Waals surface area contributed by atoms with Gasteiger partial charge in [0, 0.05) is 33.5 Å². The zero-order valence-corrected chi connectivity index (χ0v) is 30.4. The van der Waals surface area contributed by atoms with Crippen LogP contribution in [0.15, 0.2) is 194 Å². The summed E-state index contributed by atoms with van der Waals surface area (Å²) in [6, 6.07) is 77.1. The van der Waals surface area contributed by atoms with Crippen LogP contribution in [0.3, 0.4) is 0 Å². The Kier molecular flexibility index (Phi) is 6.58. The van der Waals surface area contributed by atoms with Crippen molar-refractivity contribution in [1.29, 1.82) is 0 Å². The van der Waals surface area contributed by atoms with E-state index in [0.29, 0.717) is 0 Å². The van der Waals surface area contributed by atoms with Crippen molar-refractivity contribution in [1.82, 2.24) is 4.57 Å². The third kappa shape index (κ3) is 4.46. The molecule has 0 saturated heterocycles. The molecule has 6 bridgehead atoms. The number of rotatable bonds is 5. The van der Waals surface area contributed by atoms with Crippen LogP contribution in [-0.2, 0) is 0 Å². The Bertz CT molecular complexity index is 3150. The minimum absolute atomic E-state index is 1.09. The van der Waals surface area contributed by atoms with Gasteiger partial charge in [-0.1, -0.05) is 127 Å². The highest BCUT2D eigenvalue weighted by Gasteiger charge is 2.31. The molecule has 2 heteroatoms. The van der Waals surface area contributed by atoms with E-state index in [0.717, 1.165) is 33.9 Å². The van der Waals surface area contributed by atoms with E-state index in [1.54, 1.807) is 0 Å². The fraction of sp³-hybridized carbons (Fsp3) is 0. The summed E-state index contributed by atoms with van der Waals surface area (Å²) >= 11 is 0. The van der Waals surface area contributed by atoms with Gasteiger partial charge in [-0.2, -0.15) is 0 Å². The maximum absolute atomic E-state index is 3.12. The molecule has 0 radical (unpaired) electrons. The lowest BCUT2D eigenvalue weighted by Gasteiger charge is -2.28. The van der Waals surface area contributed by atoms with Gasteiger partial charge in [0.2, 0.25) is 0 Å². The average molecular weight is 709 g/mol. The van der Waals surface area contributed by atoms with Crippen molar-refractivity contribution in [2.75, 3.05) is 4.90 Å². The first-order valence-corrected chi connectivity index (χ1v) is 19.2. The zero-order valence-electron chi connectivity index (χ0n) is 30.4. The molecule has 2 aliphatic carbocycles. The maximum Gasteiger partial charge on any atom is 0.0542 e. The van der Waals surface area contributed by atoms with Crippen molar-refractivity contribution in [3.05, 3.63) is 206 Å². The Morgan fingerprint density at radius 3 is 1.71 bits per heavy atom. The highest BCUT2D eigenvalue weighted by atomic mass is 15.1. The van der Waals surface area contributed by atoms with E-state index < -0.39 is 0 Å². The van der Waals surface area contributed by atoms with Gasteiger partial charge in [0.15, 0.2) is 0 Å². The predicted molar refractivity (Wildman–Crippen MR) is 233 cm³/mol. The first kappa shape index (κ1) is 30.8. The number of benzene rings is 8. The molecule has 56 heavy (non-hydrogen) atoms. The highest BCUT2D eigenvalue weighted by molar-refractivity contribution is 6.15. The van der Waals surface area contributed by atoms with Crippen molar-refractivity contribution in [3.63, 3.8) is 0 Å². The molecule has 258 valence electrons. The molecular weight excluding hydrogens is 677 g/mol. The lowest BCUT2D eigenvalue weighted by Crippen LogP contribution is -2.10. The molecule has 0 aliphatic heterocycles. The molecule has 2 nitrogen and oxygen atoms in total. The minimum Gasteiger partial charge on any atom is -0.310 e. The number of nitrogens with zero attached hydrogens (tertiary/aromatic N) is 2. The molecule has 0 unspecified atom stereocenters. The van der Waals surface area contributed by atoms with Crippen LogP contribution in [0.25, 0.3) is 94.3 Å². The van der Waals surface area contributed by atoms with Crippen LogP contribution in [-0.4, -0.2) is 4.57 Å². The van der Waals surface area contributed by atoms with Gasteiger partial charge < -0.3 is 9.47 Å². The van der Waals surface area contributed by atoms with E-state index in [1.807, 2.05) is 12.1 Å². The van der Waals surface area contributed by atoms with Crippen LogP contribution < -0.4 is 4.90 Å². The van der Waals surface area contributed by atoms with Gasteiger partial charge in [0.05, 0.1) is 11.0 Å². The standard InChI is InChI=1S/C54H32N2/c1-3-13-35(14-4-1)36-25-27-38(28-26-36)55(40-30-32-52-49(33-40)43-18-9-10-24-51(43)56(52)37-15-5-2-6-16-37)39-29-31-42-46-21-12-22-47-48-23-11-20-45(54(48)50(42)34-39)41-17-7-8-19-44(41)53(46)47/h2-3,5-34H. The van der Waals surface area contributed by atoms with Gasteiger partial charge in [-0.25, -0.2) is 0 Å². The highest BCUT2D eigenvalue weighted by Crippen LogP contribution is 2.57. The molecule has 9 aromatic carbocycles. The van der Waals surface area contributed by atoms with Crippen molar-refractivity contribution >= 4 is 38.9 Å². The number of hydrogen-bond donors (Lipinski definition) is 0. The van der Waals surface area contributed by atoms with Crippen LogP contribution in [0, 0.1) is 12.1 Å². The van der Waals surface area contributed by atoms with Gasteiger partial charge in [-0.3, -0.25) is 0 Å². The topological polar surface area (TPSA) is 8.17 Å². The van der Waals surface area contributed by atoms with Gasteiger partial charge in [0.1, 0.15) is 0 Å². The molecule has 0 spiro atoms. The SMILES string of the molecule is c1ccc(-c2ccc(N(c3ccc4c(c3)-c3c5cccc3-c3cccc-4c3-c3ccccc3-5)c3ccc4c(c3)c3ccccc3n4-c3ccccc3)cc2)cc#1. The van der Waals surface area contributed by atoms with E-state index in [-0.39, 0.29) is 0 Å². The summed E-state index contributed by atoms with van der Waals surface area (Å²) in [7, 11) is 0. The quantitative estimate of drug-likeness (QED) is 0.173. The Labute approximate surface area is 325 Å². The molecule has 0 amide bonds. The minimum atomic E-state index is 1.09. The molecule has 0 N–H and O–H groups in total. The number of fused-ring (bicyclic) bond motifs is 7. The molecule has 1 aromatic heterocycles. The molecule has 0 fully saturated rings. The lowest BCUT2D eigenvalue weighted by molar-refractivity contribution is 1.18. The van der Waals surface area contributed by atoms with Gasteiger partial charge in [-0.15, -0.1) is 0 Å². The average Bonchev–Trinajstić information content (AvgIpc) is 3.54. The number of anilines is 3. The summed E-state index contributed by atoms with van der Waals surface area (Å²) < 4.78 is 2.38. The number of aromatic nitrogens is 1. The van der Waals surface area contributed by atoms with Crippen molar-refractivity contribution in [3.8, 4) is 72.4 Å². The second-order valence-corrected chi connectivity index (χ2v) is 14.7. The summed E-state index contributed by atoms with van der Waals surface area (Å²) in [6.07, 6.45) is 0. The van der Waals surface area contributed by atoms with Crippen LogP contribution >= 0.6 is 0 Å². The van der Waals surface area contributed by atoms with E-state index in [4.69, 9.17) is 0 Å². The molecule has 0 atom stereocenters. The van der Waals surface area contributed by atoms with Crippen LogP contribution in [0.1, 0.15) is 0 Å². The van der Waals surface area contributed by atoms with Gasteiger partial charge >= 0.3 is 0 Å². The predicted octanol–water partition coefficient (Wildman–Crippen LogP) is 14.5. The van der Waals surface area contributed by atoms with Gasteiger partial charge in [0.25, 0.3) is 0 Å². The lowest BCUT2D eigenvalue weighted by atomic mass is 9.83. The van der Waals surface area contributed by atoms with Gasteiger partial charge in [-0.05, 0) is 146 Å². The fourth-order valence-electron chi connectivity index (χ4n) is 9.36. The number of hydrogen-bond acceptors (Lipinski definition) is 1. The second-order valence-electron chi connectivity index (χ2n) is 14.7. The van der Waals surface area contributed by atoms with E-state index in [2.05, 4.69) is 204 Å². The van der Waals surface area contributed by atoms with Crippen LogP contribution in [0.2, 0.25) is 0 Å². The summed E-state index contributed by atoms with van der Waals surface area (Å²) in [4.78, 5) is 2.42. The Morgan fingerprint density at radius 2 is 0.946 bits per heavy atom. The molecule has 10 aromatic rings. The summed E-state index contributed by atoms with van der Waals surface area (Å²) in [5.41, 5.74) is 22.0. The monoisotopic (exact) mass is 708 g/mol. The third-order valence-corrected chi connectivity index (χ3v) is 11.8. The fourth-order valence-corrected chi connectivity index (χ4v) is 9.36. The molecule has 1 heterocycles. The van der Waals surface area contributed by atoms with E-state index >= 15 is 0 Å². The van der Waals surface area contributed by atoms with Crippen molar-refractivity contribution in [2.45, 2.75) is 0 Å². The van der Waals surface area contributed by atoms with E-state index in [9.17, 15) is 0 Å². The van der Waals surface area contributed by atoms with Crippen molar-refractivity contribution in [2.24, 2.45) is 0 Å². The first-order valence-electron chi connectivity index (χ1n) is 19.2. The molecule has 12 rings (SSSR count). The summed E-state index contributed by atoms with van der Waals surface area (Å²) in [5, 5.41) is 2.45. The molecule has 0 saturated carbocycles. The summed E-state index contributed by atoms with van der Waals surface area (Å²) in [6.45, 7) is 0.